The summed E-state index contributed by atoms with van der Waals surface area (Å²) < 4.78 is 38.1. The van der Waals surface area contributed by atoms with Crippen LogP contribution in [0.25, 0.3) is 0 Å². The summed E-state index contributed by atoms with van der Waals surface area (Å²) in [5, 5.41) is 6.25. The van der Waals surface area contributed by atoms with Crippen LogP contribution in [0, 0.1) is 11.8 Å². The van der Waals surface area contributed by atoms with Crippen molar-refractivity contribution in [3.05, 3.63) is 29.8 Å². The Hall–Kier alpha value is -1.76. The Morgan fingerprint density at radius 1 is 1.10 bits per heavy atom. The van der Waals surface area contributed by atoms with Crippen molar-refractivity contribution < 1.29 is 18.0 Å². The minimum Gasteiger partial charge on any atom is -0.380 e. The van der Waals surface area contributed by atoms with Gasteiger partial charge in [-0.05, 0) is 75.9 Å². The number of anilines is 1. The Morgan fingerprint density at radius 2 is 1.69 bits per heavy atom. The van der Waals surface area contributed by atoms with Gasteiger partial charge in [0, 0.05) is 30.7 Å². The first-order chi connectivity index (χ1) is 13.6. The molecule has 1 atom stereocenters. The van der Waals surface area contributed by atoms with E-state index in [0.29, 0.717) is 30.6 Å². The normalized spacial score (nSPS) is 17.6. The number of hydrogen-bond donors (Lipinski definition) is 2. The molecule has 7 heteroatoms. The molecular weight excluding hydrogens is 379 g/mol. The van der Waals surface area contributed by atoms with Crippen LogP contribution in [0.1, 0.15) is 52.5 Å². The highest BCUT2D eigenvalue weighted by atomic mass is 19.4. The third kappa shape index (κ3) is 7.53. The van der Waals surface area contributed by atoms with Gasteiger partial charge in [0.15, 0.2) is 0 Å². The van der Waals surface area contributed by atoms with Gasteiger partial charge in [-0.1, -0.05) is 13.8 Å². The van der Waals surface area contributed by atoms with Gasteiger partial charge in [-0.2, -0.15) is 13.2 Å². The molecule has 0 radical (unpaired) electrons. The molecule has 1 heterocycles. The summed E-state index contributed by atoms with van der Waals surface area (Å²) in [5.41, 5.74) is -0.0482. The van der Waals surface area contributed by atoms with Gasteiger partial charge in [-0.15, -0.1) is 0 Å². The molecule has 0 aromatic heterocycles. The molecule has 1 amide bonds. The second kappa shape index (κ2) is 10.3. The number of carbonyl (C=O) groups excluding carboxylic acids is 1. The van der Waals surface area contributed by atoms with E-state index in [-0.39, 0.29) is 17.9 Å². The second-order valence-corrected chi connectivity index (χ2v) is 8.65. The largest absolute Gasteiger partial charge is 0.416 e. The number of amides is 1. The molecule has 0 aliphatic carbocycles. The molecule has 1 aromatic rings. The Bertz CT molecular complexity index is 636. The summed E-state index contributed by atoms with van der Waals surface area (Å²) in [6.07, 6.45) is -1.71. The SMILES string of the molecule is CC(C)[C@H](CNC(=O)CC1CCN(C(C)C)CC1)Nc1ccc(C(F)(F)F)cc1. The lowest BCUT2D eigenvalue weighted by Crippen LogP contribution is -2.42. The number of benzene rings is 1. The van der Waals surface area contributed by atoms with Crippen molar-refractivity contribution in [1.82, 2.24) is 10.2 Å². The highest BCUT2D eigenvalue weighted by Gasteiger charge is 2.30. The summed E-state index contributed by atoms with van der Waals surface area (Å²) in [5.74, 6) is 0.685. The predicted octanol–water partition coefficient (Wildman–Crippen LogP) is 4.77. The Labute approximate surface area is 172 Å². The number of nitrogens with zero attached hydrogens (tertiary/aromatic N) is 1. The molecule has 0 saturated carbocycles. The molecule has 1 saturated heterocycles. The van der Waals surface area contributed by atoms with Crippen LogP contribution in [-0.2, 0) is 11.0 Å². The summed E-state index contributed by atoms with van der Waals surface area (Å²) in [6.45, 7) is 11.0. The van der Waals surface area contributed by atoms with Gasteiger partial charge >= 0.3 is 6.18 Å². The Balaban J connectivity index is 1.81. The maximum absolute atomic E-state index is 12.7. The third-order valence-corrected chi connectivity index (χ3v) is 5.74. The fourth-order valence-corrected chi connectivity index (χ4v) is 3.65. The molecule has 1 aliphatic rings. The van der Waals surface area contributed by atoms with Crippen LogP contribution in [-0.4, -0.2) is 42.5 Å². The summed E-state index contributed by atoms with van der Waals surface area (Å²) >= 11 is 0. The van der Waals surface area contributed by atoms with E-state index >= 15 is 0 Å². The Kier molecular flexibility index (Phi) is 8.37. The standard InChI is InChI=1S/C22H34F3N3O/c1-15(2)20(27-19-7-5-18(6-8-19)22(23,24)25)14-26-21(29)13-17-9-11-28(12-10-17)16(3)4/h5-8,15-17,20,27H,9-14H2,1-4H3,(H,26,29)/t20-/m0/s1. The first kappa shape index (κ1) is 23.5. The van der Waals surface area contributed by atoms with Crippen molar-refractivity contribution in [2.45, 2.75) is 65.2 Å². The van der Waals surface area contributed by atoms with Crippen molar-refractivity contribution >= 4 is 11.6 Å². The van der Waals surface area contributed by atoms with Gasteiger partial charge in [0.1, 0.15) is 0 Å². The number of hydrogen-bond acceptors (Lipinski definition) is 3. The van der Waals surface area contributed by atoms with E-state index in [9.17, 15) is 18.0 Å². The summed E-state index contributed by atoms with van der Waals surface area (Å²) in [6, 6.07) is 5.50. The zero-order valence-corrected chi connectivity index (χ0v) is 17.9. The van der Waals surface area contributed by atoms with Gasteiger partial charge < -0.3 is 15.5 Å². The van der Waals surface area contributed by atoms with E-state index in [1.54, 1.807) is 0 Å². The molecule has 1 aromatic carbocycles. The quantitative estimate of drug-likeness (QED) is 0.645. The van der Waals surface area contributed by atoms with E-state index in [4.69, 9.17) is 0 Å². The molecule has 1 fully saturated rings. The maximum atomic E-state index is 12.7. The fourth-order valence-electron chi connectivity index (χ4n) is 3.65. The van der Waals surface area contributed by atoms with Crippen LogP contribution in [0.2, 0.25) is 0 Å². The van der Waals surface area contributed by atoms with Gasteiger partial charge in [0.05, 0.1) is 5.56 Å². The number of nitrogens with one attached hydrogen (secondary N) is 2. The number of carbonyl (C=O) groups is 1. The average molecular weight is 414 g/mol. The van der Waals surface area contributed by atoms with Crippen LogP contribution in [0.4, 0.5) is 18.9 Å². The fraction of sp³-hybridized carbons (Fsp3) is 0.682. The average Bonchev–Trinajstić information content (AvgIpc) is 2.65. The highest BCUT2D eigenvalue weighted by molar-refractivity contribution is 5.76. The maximum Gasteiger partial charge on any atom is 0.416 e. The van der Waals surface area contributed by atoms with Crippen LogP contribution in [0.3, 0.4) is 0 Å². The smallest absolute Gasteiger partial charge is 0.380 e. The number of alkyl halides is 3. The van der Waals surface area contributed by atoms with Crippen molar-refractivity contribution in [2.24, 2.45) is 11.8 Å². The monoisotopic (exact) mass is 413 g/mol. The van der Waals surface area contributed by atoms with E-state index in [0.717, 1.165) is 38.1 Å². The molecule has 4 nitrogen and oxygen atoms in total. The van der Waals surface area contributed by atoms with E-state index in [1.165, 1.54) is 12.1 Å². The number of rotatable bonds is 8. The van der Waals surface area contributed by atoms with Gasteiger partial charge in [-0.3, -0.25) is 4.79 Å². The number of piperidine rings is 1. The topological polar surface area (TPSA) is 44.4 Å². The third-order valence-electron chi connectivity index (χ3n) is 5.74. The number of likely N-dealkylation sites (tertiary alicyclic amines) is 1. The van der Waals surface area contributed by atoms with Crippen molar-refractivity contribution in [3.63, 3.8) is 0 Å². The van der Waals surface area contributed by atoms with Crippen molar-refractivity contribution in [1.29, 1.82) is 0 Å². The van der Waals surface area contributed by atoms with Gasteiger partial charge in [0.25, 0.3) is 0 Å². The lowest BCUT2D eigenvalue weighted by Gasteiger charge is -2.34. The van der Waals surface area contributed by atoms with Gasteiger partial charge in [-0.25, -0.2) is 0 Å². The number of halogens is 3. The molecule has 0 bridgehead atoms. The van der Waals surface area contributed by atoms with Crippen molar-refractivity contribution in [2.75, 3.05) is 25.0 Å². The molecule has 164 valence electrons. The second-order valence-electron chi connectivity index (χ2n) is 8.65. The zero-order chi connectivity index (χ0) is 21.6. The lowest BCUT2D eigenvalue weighted by atomic mass is 9.92. The Morgan fingerprint density at radius 3 is 2.17 bits per heavy atom. The lowest BCUT2D eigenvalue weighted by molar-refractivity contribution is -0.137. The van der Waals surface area contributed by atoms with Crippen LogP contribution >= 0.6 is 0 Å². The van der Waals surface area contributed by atoms with Gasteiger partial charge in [0.2, 0.25) is 5.91 Å². The molecule has 2 rings (SSSR count). The zero-order valence-electron chi connectivity index (χ0n) is 17.9. The molecular formula is C22H34F3N3O. The van der Waals surface area contributed by atoms with Crippen LogP contribution < -0.4 is 10.6 Å². The van der Waals surface area contributed by atoms with E-state index in [2.05, 4.69) is 29.4 Å². The first-order valence-corrected chi connectivity index (χ1v) is 10.5. The predicted molar refractivity (Wildman–Crippen MR) is 111 cm³/mol. The molecule has 29 heavy (non-hydrogen) atoms. The van der Waals surface area contributed by atoms with Crippen molar-refractivity contribution in [3.8, 4) is 0 Å². The molecule has 1 aliphatic heterocycles. The van der Waals surface area contributed by atoms with E-state index in [1.807, 2.05) is 13.8 Å². The molecule has 0 spiro atoms. The minimum absolute atomic E-state index is 0.0490. The summed E-state index contributed by atoms with van der Waals surface area (Å²) in [4.78, 5) is 14.8. The highest BCUT2D eigenvalue weighted by Crippen LogP contribution is 2.30. The van der Waals surface area contributed by atoms with E-state index < -0.39 is 11.7 Å². The first-order valence-electron chi connectivity index (χ1n) is 10.5. The summed E-state index contributed by atoms with van der Waals surface area (Å²) in [7, 11) is 0. The molecule has 0 unspecified atom stereocenters. The molecule has 2 N–H and O–H groups in total. The van der Waals surface area contributed by atoms with Crippen LogP contribution in [0.15, 0.2) is 24.3 Å². The minimum atomic E-state index is -4.34. The van der Waals surface area contributed by atoms with Crippen LogP contribution in [0.5, 0.6) is 0 Å².